The summed E-state index contributed by atoms with van der Waals surface area (Å²) >= 11 is 0. The van der Waals surface area contributed by atoms with E-state index < -0.39 is 0 Å². The number of imidazole rings is 1. The molecule has 0 amide bonds. The molecule has 6 nitrogen and oxygen atoms in total. The fourth-order valence-electron chi connectivity index (χ4n) is 8.92. The molecule has 4 atom stereocenters. The van der Waals surface area contributed by atoms with Crippen molar-refractivity contribution >= 4 is 22.6 Å². The first-order valence-corrected chi connectivity index (χ1v) is 19.0. The Balaban J connectivity index is 1.29. The van der Waals surface area contributed by atoms with Crippen LogP contribution in [0, 0.1) is 0 Å². The van der Waals surface area contributed by atoms with Crippen LogP contribution in [0.4, 0.5) is 5.69 Å². The van der Waals surface area contributed by atoms with Gasteiger partial charge in [0, 0.05) is 47.0 Å². The van der Waals surface area contributed by atoms with Crippen molar-refractivity contribution in [1.82, 2.24) is 19.4 Å². The second-order valence-corrected chi connectivity index (χ2v) is 14.3. The van der Waals surface area contributed by atoms with Crippen LogP contribution in [0.25, 0.3) is 28.1 Å². The van der Waals surface area contributed by atoms with E-state index in [1.807, 2.05) is 0 Å². The molecule has 2 aliphatic carbocycles. The molecule has 3 heterocycles. The summed E-state index contributed by atoms with van der Waals surface area (Å²) in [5.74, 6) is 1.98. The highest BCUT2D eigenvalue weighted by atomic mass is 15.4. The van der Waals surface area contributed by atoms with E-state index in [0.717, 1.165) is 58.8 Å². The lowest BCUT2D eigenvalue weighted by molar-refractivity contribution is 0.312. The summed E-state index contributed by atoms with van der Waals surface area (Å²) in [5, 5.41) is 0. The minimum atomic E-state index is -0.00575. The van der Waals surface area contributed by atoms with Crippen molar-refractivity contribution < 1.29 is 0 Å². The molecule has 0 fully saturated rings. The molecular formula is C46H46N6. The van der Waals surface area contributed by atoms with Gasteiger partial charge >= 0.3 is 0 Å². The number of nitrogens with zero attached hydrogens (tertiary/aromatic N) is 6. The molecule has 0 saturated heterocycles. The Morgan fingerprint density at radius 2 is 1.48 bits per heavy atom. The normalized spacial score (nSPS) is 21.7. The first kappa shape index (κ1) is 32.3. The van der Waals surface area contributed by atoms with Crippen molar-refractivity contribution in [2.24, 2.45) is 4.99 Å². The SMILES string of the molecule is C/C=C\C(CC)N1C(c2cc(-c3nc4ccccc4n3-c3ccccc3)cc(C3N(C)C4=C(CCCC4)N3c3ccccc3)c2)=NC2C=CC=CC21. The van der Waals surface area contributed by atoms with Crippen molar-refractivity contribution in [1.29, 1.82) is 0 Å². The van der Waals surface area contributed by atoms with Gasteiger partial charge in [-0.25, -0.2) is 4.98 Å². The van der Waals surface area contributed by atoms with Gasteiger partial charge in [-0.3, -0.25) is 9.56 Å². The lowest BCUT2D eigenvalue weighted by Gasteiger charge is -2.36. The molecule has 0 spiro atoms. The maximum atomic E-state index is 5.51. The Bertz CT molecular complexity index is 2260. The van der Waals surface area contributed by atoms with E-state index in [-0.39, 0.29) is 24.3 Å². The standard InChI is InChI=1S/C46H46N6/c1-4-18-35(5-2)50-40-25-14-12-23-38(40)47-44(50)32-29-33(45-48-39-24-13-15-26-41(39)51(45)36-19-8-6-9-20-36)31-34(30-32)46-49(3)42-27-16-17-28-43(42)52(46)37-21-10-7-11-22-37/h4,6-15,18-26,29-31,35,38,40,46H,5,16-17,27-28H2,1-3H3/b18-4-. The molecule has 9 rings (SSSR count). The molecule has 4 unspecified atom stereocenters. The third-order valence-electron chi connectivity index (χ3n) is 11.2. The highest BCUT2D eigenvalue weighted by Gasteiger charge is 2.41. The third-order valence-corrected chi connectivity index (χ3v) is 11.2. The number of anilines is 1. The van der Waals surface area contributed by atoms with Crippen LogP contribution in [-0.4, -0.2) is 50.4 Å². The molecule has 5 aromatic rings. The Morgan fingerprint density at radius 1 is 0.788 bits per heavy atom. The molecule has 2 aliphatic heterocycles. The van der Waals surface area contributed by atoms with Crippen LogP contribution in [0.15, 0.2) is 156 Å². The van der Waals surface area contributed by atoms with Crippen LogP contribution in [0.5, 0.6) is 0 Å². The molecule has 0 radical (unpaired) electrons. The topological polar surface area (TPSA) is 39.9 Å². The molecule has 0 saturated carbocycles. The highest BCUT2D eigenvalue weighted by molar-refractivity contribution is 6.02. The van der Waals surface area contributed by atoms with Gasteiger partial charge in [-0.2, -0.15) is 0 Å². The first-order chi connectivity index (χ1) is 25.6. The number of para-hydroxylation sites is 4. The number of benzene rings is 4. The minimum absolute atomic E-state index is 0.00575. The predicted octanol–water partition coefficient (Wildman–Crippen LogP) is 10.2. The van der Waals surface area contributed by atoms with Crippen LogP contribution < -0.4 is 4.90 Å². The van der Waals surface area contributed by atoms with Gasteiger partial charge in [-0.1, -0.05) is 91.9 Å². The summed E-state index contributed by atoms with van der Waals surface area (Å²) in [7, 11) is 2.29. The fourth-order valence-corrected chi connectivity index (χ4v) is 8.92. The van der Waals surface area contributed by atoms with Crippen molar-refractivity contribution in [2.75, 3.05) is 11.9 Å². The number of aliphatic imine (C=N–C) groups is 1. The van der Waals surface area contributed by atoms with E-state index in [0.29, 0.717) is 0 Å². The molecule has 4 aromatic carbocycles. The van der Waals surface area contributed by atoms with Gasteiger partial charge in [0.2, 0.25) is 0 Å². The smallest absolute Gasteiger partial charge is 0.145 e. The van der Waals surface area contributed by atoms with Gasteiger partial charge in [0.05, 0.1) is 23.1 Å². The van der Waals surface area contributed by atoms with E-state index in [9.17, 15) is 0 Å². The molecule has 52 heavy (non-hydrogen) atoms. The summed E-state index contributed by atoms with van der Waals surface area (Å²) in [5.41, 5.74) is 10.8. The average molecular weight is 683 g/mol. The van der Waals surface area contributed by atoms with Gasteiger partial charge in [-0.05, 0) is 99.2 Å². The summed E-state index contributed by atoms with van der Waals surface area (Å²) in [6.45, 7) is 4.41. The Kier molecular flexibility index (Phi) is 8.38. The van der Waals surface area contributed by atoms with Crippen LogP contribution in [0.3, 0.4) is 0 Å². The van der Waals surface area contributed by atoms with Crippen LogP contribution in [0.1, 0.15) is 63.2 Å². The summed E-state index contributed by atoms with van der Waals surface area (Å²) < 4.78 is 2.32. The van der Waals surface area contributed by atoms with Crippen molar-refractivity contribution in [3.8, 4) is 17.1 Å². The maximum Gasteiger partial charge on any atom is 0.145 e. The van der Waals surface area contributed by atoms with E-state index in [1.165, 1.54) is 35.5 Å². The second-order valence-electron chi connectivity index (χ2n) is 14.3. The largest absolute Gasteiger partial charge is 0.352 e. The van der Waals surface area contributed by atoms with Crippen molar-refractivity contribution in [3.63, 3.8) is 0 Å². The lowest BCUT2D eigenvalue weighted by Crippen LogP contribution is -2.45. The van der Waals surface area contributed by atoms with E-state index in [4.69, 9.17) is 9.98 Å². The van der Waals surface area contributed by atoms with Gasteiger partial charge in [0.25, 0.3) is 0 Å². The average Bonchev–Trinajstić information content (AvgIpc) is 3.87. The number of allylic oxidation sites excluding steroid dienone is 5. The van der Waals surface area contributed by atoms with Gasteiger partial charge in [-0.15, -0.1) is 0 Å². The molecule has 0 bridgehead atoms. The third kappa shape index (κ3) is 5.40. The maximum absolute atomic E-state index is 5.51. The summed E-state index contributed by atoms with van der Waals surface area (Å²) in [4.78, 5) is 18.6. The lowest BCUT2D eigenvalue weighted by atomic mass is 9.98. The molecule has 0 N–H and O–H groups in total. The zero-order valence-corrected chi connectivity index (χ0v) is 30.3. The van der Waals surface area contributed by atoms with Crippen LogP contribution >= 0.6 is 0 Å². The van der Waals surface area contributed by atoms with Gasteiger partial charge < -0.3 is 14.7 Å². The summed E-state index contributed by atoms with van der Waals surface area (Å²) in [6, 6.07) is 37.8. The quantitative estimate of drug-likeness (QED) is 0.153. The Morgan fingerprint density at radius 3 is 2.25 bits per heavy atom. The van der Waals surface area contributed by atoms with Crippen molar-refractivity contribution in [3.05, 3.63) is 162 Å². The molecular weight excluding hydrogens is 637 g/mol. The molecule has 1 aromatic heterocycles. The van der Waals surface area contributed by atoms with Crippen LogP contribution in [0.2, 0.25) is 0 Å². The van der Waals surface area contributed by atoms with Gasteiger partial charge in [0.1, 0.15) is 17.8 Å². The van der Waals surface area contributed by atoms with Crippen molar-refractivity contribution in [2.45, 2.75) is 70.2 Å². The second kappa shape index (κ2) is 13.5. The van der Waals surface area contributed by atoms with E-state index in [1.54, 1.807) is 0 Å². The predicted molar refractivity (Wildman–Crippen MR) is 215 cm³/mol. The van der Waals surface area contributed by atoms with Crippen LogP contribution in [-0.2, 0) is 0 Å². The first-order valence-electron chi connectivity index (χ1n) is 19.0. The number of hydrogen-bond donors (Lipinski definition) is 0. The van der Waals surface area contributed by atoms with E-state index >= 15 is 0 Å². The zero-order valence-electron chi connectivity index (χ0n) is 30.3. The molecule has 260 valence electrons. The highest BCUT2D eigenvalue weighted by Crippen LogP contribution is 2.48. The van der Waals surface area contributed by atoms with Gasteiger partial charge in [0.15, 0.2) is 0 Å². The minimum Gasteiger partial charge on any atom is -0.352 e. The number of hydrogen-bond acceptors (Lipinski definition) is 5. The number of amidine groups is 1. The Labute approximate surface area is 307 Å². The Hall–Kier alpha value is -5.62. The molecule has 6 heteroatoms. The number of aromatic nitrogens is 2. The number of rotatable bonds is 8. The number of fused-ring (bicyclic) bond motifs is 2. The van der Waals surface area contributed by atoms with E-state index in [2.05, 4.69) is 180 Å². The monoisotopic (exact) mass is 682 g/mol. The molecule has 4 aliphatic rings. The fraction of sp³-hybridized carbons (Fsp3) is 0.261. The zero-order chi connectivity index (χ0) is 35.2. The summed E-state index contributed by atoms with van der Waals surface area (Å²) in [6.07, 6.45) is 19.1.